The fraction of sp³-hybridized carbons (Fsp3) is 1.00. The molecule has 0 bridgehead atoms. The number of aliphatic hydroxyl groups is 1. The average Bonchev–Trinajstić information content (AvgIpc) is 2.49. The second-order valence-electron chi connectivity index (χ2n) is 7.84. The molecule has 3 heteroatoms. The molecule has 1 aliphatic carbocycles. The zero-order chi connectivity index (χ0) is 14.8. The number of rotatable bonds is 3. The third-order valence-corrected chi connectivity index (χ3v) is 6.43. The zero-order valence-corrected chi connectivity index (χ0v) is 14.0. The van der Waals surface area contributed by atoms with Crippen LogP contribution in [0.3, 0.4) is 0 Å². The predicted molar refractivity (Wildman–Crippen MR) is 87.4 cm³/mol. The third kappa shape index (κ3) is 3.46. The molecular formula is C18H34N2O. The first-order valence-electron chi connectivity index (χ1n) is 9.31. The number of hydrogen-bond donors (Lipinski definition) is 1. The second-order valence-corrected chi connectivity index (χ2v) is 7.84. The summed E-state index contributed by atoms with van der Waals surface area (Å²) >= 11 is 0. The molecule has 1 saturated carbocycles. The SMILES string of the molecule is CCCC1CCC(O)C(N2CCC3C(CCCN3C)C2)C1. The van der Waals surface area contributed by atoms with Crippen LogP contribution in [0.2, 0.25) is 0 Å². The smallest absolute Gasteiger partial charge is 0.0695 e. The second kappa shape index (κ2) is 6.97. The molecule has 5 atom stereocenters. The molecule has 0 aromatic carbocycles. The van der Waals surface area contributed by atoms with Crippen molar-refractivity contribution in [2.45, 2.75) is 76.5 Å². The molecule has 0 spiro atoms. The van der Waals surface area contributed by atoms with Gasteiger partial charge in [-0.2, -0.15) is 0 Å². The van der Waals surface area contributed by atoms with Crippen LogP contribution in [0.1, 0.15) is 58.3 Å². The van der Waals surface area contributed by atoms with Gasteiger partial charge in [0.05, 0.1) is 6.10 Å². The summed E-state index contributed by atoms with van der Waals surface area (Å²) in [6, 6.07) is 1.26. The lowest BCUT2D eigenvalue weighted by Gasteiger charge is -2.50. The minimum absolute atomic E-state index is 0.0732. The highest BCUT2D eigenvalue weighted by Gasteiger charge is 2.39. The van der Waals surface area contributed by atoms with Gasteiger partial charge < -0.3 is 10.0 Å². The van der Waals surface area contributed by atoms with E-state index in [4.69, 9.17) is 0 Å². The van der Waals surface area contributed by atoms with Crippen LogP contribution in [0.5, 0.6) is 0 Å². The molecule has 3 rings (SSSR count). The summed E-state index contributed by atoms with van der Waals surface area (Å²) in [5.74, 6) is 1.70. The molecular weight excluding hydrogens is 260 g/mol. The highest BCUT2D eigenvalue weighted by atomic mass is 16.3. The van der Waals surface area contributed by atoms with E-state index in [1.165, 1.54) is 64.6 Å². The summed E-state index contributed by atoms with van der Waals surface area (Å²) in [5.41, 5.74) is 0. The van der Waals surface area contributed by atoms with E-state index in [1.54, 1.807) is 0 Å². The van der Waals surface area contributed by atoms with Crippen LogP contribution < -0.4 is 0 Å². The standard InChI is InChI=1S/C18H34N2O/c1-3-5-14-7-8-18(21)17(12-14)20-11-9-16-15(13-20)6-4-10-19(16)2/h14-18,21H,3-13H2,1-2H3. The van der Waals surface area contributed by atoms with Gasteiger partial charge in [0.25, 0.3) is 0 Å². The number of hydrogen-bond acceptors (Lipinski definition) is 3. The maximum Gasteiger partial charge on any atom is 0.0695 e. The first-order valence-corrected chi connectivity index (χ1v) is 9.31. The molecule has 0 amide bonds. The third-order valence-electron chi connectivity index (χ3n) is 6.43. The van der Waals surface area contributed by atoms with Crippen molar-refractivity contribution in [2.24, 2.45) is 11.8 Å². The van der Waals surface area contributed by atoms with Crippen molar-refractivity contribution < 1.29 is 5.11 Å². The van der Waals surface area contributed by atoms with Gasteiger partial charge in [-0.3, -0.25) is 4.90 Å². The van der Waals surface area contributed by atoms with Crippen LogP contribution in [-0.4, -0.2) is 59.8 Å². The van der Waals surface area contributed by atoms with Crippen LogP contribution in [0, 0.1) is 11.8 Å². The van der Waals surface area contributed by atoms with E-state index < -0.39 is 0 Å². The Balaban J connectivity index is 1.61. The molecule has 3 fully saturated rings. The van der Waals surface area contributed by atoms with Crippen molar-refractivity contribution in [1.82, 2.24) is 9.80 Å². The summed E-state index contributed by atoms with van der Waals surface area (Å²) in [6.45, 7) is 6.01. The molecule has 0 aromatic rings. The van der Waals surface area contributed by atoms with E-state index in [0.29, 0.717) is 6.04 Å². The van der Waals surface area contributed by atoms with Crippen molar-refractivity contribution in [2.75, 3.05) is 26.7 Å². The van der Waals surface area contributed by atoms with E-state index in [0.717, 1.165) is 24.3 Å². The Morgan fingerprint density at radius 3 is 2.71 bits per heavy atom. The molecule has 3 nitrogen and oxygen atoms in total. The molecule has 122 valence electrons. The van der Waals surface area contributed by atoms with Gasteiger partial charge in [0.2, 0.25) is 0 Å². The molecule has 3 aliphatic rings. The lowest BCUT2D eigenvalue weighted by atomic mass is 9.78. The van der Waals surface area contributed by atoms with Crippen LogP contribution in [0.4, 0.5) is 0 Å². The molecule has 0 aromatic heterocycles. The minimum atomic E-state index is -0.0732. The lowest BCUT2D eigenvalue weighted by Crippen LogP contribution is -2.57. The molecule has 21 heavy (non-hydrogen) atoms. The maximum absolute atomic E-state index is 10.5. The molecule has 5 unspecified atom stereocenters. The van der Waals surface area contributed by atoms with Gasteiger partial charge in [-0.05, 0) is 64.0 Å². The van der Waals surface area contributed by atoms with E-state index in [9.17, 15) is 5.11 Å². The first-order chi connectivity index (χ1) is 10.2. The van der Waals surface area contributed by atoms with Gasteiger partial charge in [-0.15, -0.1) is 0 Å². The fourth-order valence-electron chi connectivity index (χ4n) is 5.26. The first kappa shape index (κ1) is 15.8. The van der Waals surface area contributed by atoms with E-state index >= 15 is 0 Å². The monoisotopic (exact) mass is 294 g/mol. The fourth-order valence-corrected chi connectivity index (χ4v) is 5.26. The Morgan fingerprint density at radius 1 is 1.05 bits per heavy atom. The largest absolute Gasteiger partial charge is 0.391 e. The minimum Gasteiger partial charge on any atom is -0.391 e. The van der Waals surface area contributed by atoms with Crippen molar-refractivity contribution in [3.05, 3.63) is 0 Å². The number of likely N-dealkylation sites (tertiary alicyclic amines) is 2. The Bertz CT molecular complexity index is 335. The molecule has 0 radical (unpaired) electrons. The van der Waals surface area contributed by atoms with Gasteiger partial charge in [-0.1, -0.05) is 19.8 Å². The van der Waals surface area contributed by atoms with Crippen molar-refractivity contribution in [1.29, 1.82) is 0 Å². The van der Waals surface area contributed by atoms with Crippen molar-refractivity contribution in [3.63, 3.8) is 0 Å². The molecule has 1 N–H and O–H groups in total. The van der Waals surface area contributed by atoms with E-state index in [-0.39, 0.29) is 6.10 Å². The Kier molecular flexibility index (Phi) is 5.23. The lowest BCUT2D eigenvalue weighted by molar-refractivity contribution is -0.0418. The number of fused-ring (bicyclic) bond motifs is 1. The summed E-state index contributed by atoms with van der Waals surface area (Å²) < 4.78 is 0. The average molecular weight is 294 g/mol. The summed E-state index contributed by atoms with van der Waals surface area (Å²) in [6.07, 6.45) is 10.1. The van der Waals surface area contributed by atoms with Gasteiger partial charge in [0.15, 0.2) is 0 Å². The van der Waals surface area contributed by atoms with Crippen LogP contribution in [-0.2, 0) is 0 Å². The summed E-state index contributed by atoms with van der Waals surface area (Å²) in [4.78, 5) is 5.25. The topological polar surface area (TPSA) is 26.7 Å². The van der Waals surface area contributed by atoms with Crippen LogP contribution >= 0.6 is 0 Å². The highest BCUT2D eigenvalue weighted by Crippen LogP contribution is 2.36. The summed E-state index contributed by atoms with van der Waals surface area (Å²) in [7, 11) is 2.30. The van der Waals surface area contributed by atoms with E-state index in [1.807, 2.05) is 0 Å². The molecule has 2 heterocycles. The van der Waals surface area contributed by atoms with Crippen molar-refractivity contribution in [3.8, 4) is 0 Å². The van der Waals surface area contributed by atoms with Gasteiger partial charge >= 0.3 is 0 Å². The van der Waals surface area contributed by atoms with Gasteiger partial charge in [-0.25, -0.2) is 0 Å². The molecule has 2 aliphatic heterocycles. The van der Waals surface area contributed by atoms with Gasteiger partial charge in [0.1, 0.15) is 0 Å². The number of nitrogens with zero attached hydrogens (tertiary/aromatic N) is 2. The predicted octanol–water partition coefficient (Wildman–Crippen LogP) is 2.73. The Hall–Kier alpha value is -0.120. The van der Waals surface area contributed by atoms with Crippen LogP contribution in [0.25, 0.3) is 0 Å². The van der Waals surface area contributed by atoms with Crippen LogP contribution in [0.15, 0.2) is 0 Å². The van der Waals surface area contributed by atoms with Crippen molar-refractivity contribution >= 4 is 0 Å². The maximum atomic E-state index is 10.5. The number of aliphatic hydroxyl groups excluding tert-OH is 1. The Morgan fingerprint density at radius 2 is 1.90 bits per heavy atom. The normalized spacial score (nSPS) is 42.7. The van der Waals surface area contributed by atoms with E-state index in [2.05, 4.69) is 23.8 Å². The quantitative estimate of drug-likeness (QED) is 0.867. The highest BCUT2D eigenvalue weighted by molar-refractivity contribution is 4.94. The summed E-state index contributed by atoms with van der Waals surface area (Å²) in [5, 5.41) is 10.5. The zero-order valence-electron chi connectivity index (χ0n) is 14.0. The number of piperidine rings is 2. The molecule has 2 saturated heterocycles. The van der Waals surface area contributed by atoms with Gasteiger partial charge in [0, 0.05) is 25.2 Å². The Labute approximate surface area is 130 Å².